The van der Waals surface area contributed by atoms with Crippen LogP contribution in [0.1, 0.15) is 51.7 Å². The highest BCUT2D eigenvalue weighted by Gasteiger charge is 2.21. The van der Waals surface area contributed by atoms with Crippen LogP contribution < -0.4 is 10.6 Å². The van der Waals surface area contributed by atoms with E-state index in [1.807, 2.05) is 32.9 Å². The lowest BCUT2D eigenvalue weighted by Crippen LogP contribution is -2.27. The molecular weight excluding hydrogens is 298 g/mol. The second-order valence-corrected chi connectivity index (χ2v) is 7.46. The summed E-state index contributed by atoms with van der Waals surface area (Å²) in [5.74, 6) is 1.17. The molecule has 128 valence electrons. The van der Waals surface area contributed by atoms with Crippen LogP contribution in [0.3, 0.4) is 0 Å². The molecular formula is C20H27N3O. The van der Waals surface area contributed by atoms with Crippen molar-refractivity contribution in [2.75, 3.05) is 10.6 Å². The number of amides is 1. The van der Waals surface area contributed by atoms with Crippen molar-refractivity contribution in [3.05, 3.63) is 47.7 Å². The normalized spacial score (nSPS) is 11.5. The van der Waals surface area contributed by atoms with Gasteiger partial charge in [0.05, 0.1) is 11.9 Å². The Bertz CT molecular complexity index is 713. The molecule has 0 saturated carbocycles. The van der Waals surface area contributed by atoms with E-state index in [1.54, 1.807) is 6.20 Å². The maximum Gasteiger partial charge on any atom is 0.229 e. The van der Waals surface area contributed by atoms with Crippen molar-refractivity contribution in [2.24, 2.45) is 5.41 Å². The lowest BCUT2D eigenvalue weighted by molar-refractivity contribution is -0.123. The molecule has 0 saturated heterocycles. The summed E-state index contributed by atoms with van der Waals surface area (Å²) in [6, 6.07) is 10.1. The van der Waals surface area contributed by atoms with Gasteiger partial charge in [-0.1, -0.05) is 52.8 Å². The fourth-order valence-corrected chi connectivity index (χ4v) is 2.33. The van der Waals surface area contributed by atoms with Gasteiger partial charge in [0.15, 0.2) is 0 Å². The highest BCUT2D eigenvalue weighted by atomic mass is 16.2. The van der Waals surface area contributed by atoms with Crippen molar-refractivity contribution in [1.82, 2.24) is 4.98 Å². The van der Waals surface area contributed by atoms with Gasteiger partial charge in [0, 0.05) is 11.1 Å². The first-order valence-electron chi connectivity index (χ1n) is 8.32. The molecule has 1 amide bonds. The molecule has 2 aromatic rings. The third-order valence-corrected chi connectivity index (χ3v) is 3.88. The van der Waals surface area contributed by atoms with Gasteiger partial charge in [-0.2, -0.15) is 0 Å². The van der Waals surface area contributed by atoms with E-state index in [0.717, 1.165) is 11.5 Å². The van der Waals surface area contributed by atoms with E-state index in [1.165, 1.54) is 11.1 Å². The summed E-state index contributed by atoms with van der Waals surface area (Å²) >= 11 is 0. The molecule has 0 fully saturated rings. The van der Waals surface area contributed by atoms with Gasteiger partial charge in [-0.15, -0.1) is 0 Å². The molecule has 1 aromatic carbocycles. The quantitative estimate of drug-likeness (QED) is 0.808. The van der Waals surface area contributed by atoms with E-state index in [9.17, 15) is 4.79 Å². The predicted octanol–water partition coefficient (Wildman–Crippen LogP) is 5.24. The number of aromatic nitrogens is 1. The molecule has 0 aliphatic rings. The predicted molar refractivity (Wildman–Crippen MR) is 101 cm³/mol. The van der Waals surface area contributed by atoms with Crippen molar-refractivity contribution < 1.29 is 4.79 Å². The molecule has 0 unspecified atom stereocenters. The molecule has 2 rings (SSSR count). The number of nitrogens with one attached hydrogen (secondary N) is 2. The number of anilines is 3. The van der Waals surface area contributed by atoms with Gasteiger partial charge >= 0.3 is 0 Å². The monoisotopic (exact) mass is 325 g/mol. The van der Waals surface area contributed by atoms with Crippen LogP contribution in [-0.4, -0.2) is 10.9 Å². The second kappa shape index (κ2) is 7.04. The number of hydrogen-bond donors (Lipinski definition) is 2. The van der Waals surface area contributed by atoms with E-state index in [2.05, 4.69) is 54.6 Å². The smallest absolute Gasteiger partial charge is 0.229 e. The van der Waals surface area contributed by atoms with Crippen molar-refractivity contribution in [1.29, 1.82) is 0 Å². The minimum Gasteiger partial charge on any atom is -0.340 e. The lowest BCUT2D eigenvalue weighted by atomic mass is 9.95. The van der Waals surface area contributed by atoms with Crippen molar-refractivity contribution >= 4 is 23.1 Å². The number of pyridine rings is 1. The Balaban J connectivity index is 2.17. The van der Waals surface area contributed by atoms with Crippen LogP contribution in [0.5, 0.6) is 0 Å². The summed E-state index contributed by atoms with van der Waals surface area (Å²) in [5, 5.41) is 6.29. The number of aryl methyl sites for hydroxylation is 1. The number of hydrogen-bond acceptors (Lipinski definition) is 3. The van der Waals surface area contributed by atoms with Crippen LogP contribution in [0, 0.1) is 12.3 Å². The molecule has 24 heavy (non-hydrogen) atoms. The third-order valence-electron chi connectivity index (χ3n) is 3.88. The highest BCUT2D eigenvalue weighted by Crippen LogP contribution is 2.29. The van der Waals surface area contributed by atoms with Gasteiger partial charge in [-0.3, -0.25) is 4.79 Å². The second-order valence-electron chi connectivity index (χ2n) is 7.46. The van der Waals surface area contributed by atoms with Gasteiger partial charge in [-0.25, -0.2) is 4.98 Å². The van der Waals surface area contributed by atoms with E-state index < -0.39 is 5.41 Å². The van der Waals surface area contributed by atoms with E-state index in [4.69, 9.17) is 0 Å². The number of carbonyl (C=O) groups excluding carboxylic acids is 1. The summed E-state index contributed by atoms with van der Waals surface area (Å²) in [4.78, 5) is 16.4. The summed E-state index contributed by atoms with van der Waals surface area (Å²) in [5.41, 5.74) is 3.83. The number of nitrogens with zero attached hydrogens (tertiary/aromatic N) is 1. The SMILES string of the molecule is Cc1cccc(C(C)C)c1Nc1ccc(NC(=O)C(C)(C)C)cn1. The standard InChI is InChI=1S/C20H27N3O/c1-13(2)16-9-7-8-14(3)18(16)23-17-11-10-15(12-21-17)22-19(24)20(4,5)6/h7-13H,1-6H3,(H,21,23)(H,22,24). The molecule has 1 heterocycles. The molecule has 0 radical (unpaired) electrons. The molecule has 0 spiro atoms. The fraction of sp³-hybridized carbons (Fsp3) is 0.400. The Hall–Kier alpha value is -2.36. The average molecular weight is 325 g/mol. The zero-order chi connectivity index (χ0) is 17.9. The minimum absolute atomic E-state index is 0.0222. The van der Waals surface area contributed by atoms with Crippen LogP contribution in [-0.2, 0) is 4.79 Å². The fourth-order valence-electron chi connectivity index (χ4n) is 2.33. The average Bonchev–Trinajstić information content (AvgIpc) is 2.50. The zero-order valence-corrected chi connectivity index (χ0v) is 15.4. The van der Waals surface area contributed by atoms with Crippen LogP contribution in [0.15, 0.2) is 36.5 Å². The highest BCUT2D eigenvalue weighted by molar-refractivity contribution is 5.94. The topological polar surface area (TPSA) is 54.0 Å². The van der Waals surface area contributed by atoms with Crippen LogP contribution in [0.4, 0.5) is 17.2 Å². The van der Waals surface area contributed by atoms with E-state index >= 15 is 0 Å². The molecule has 2 N–H and O–H groups in total. The zero-order valence-electron chi connectivity index (χ0n) is 15.4. The Kier molecular flexibility index (Phi) is 5.27. The largest absolute Gasteiger partial charge is 0.340 e. The molecule has 0 aliphatic carbocycles. The summed E-state index contributed by atoms with van der Waals surface area (Å²) in [6.07, 6.45) is 1.68. The maximum atomic E-state index is 12.0. The Morgan fingerprint density at radius 1 is 1.12 bits per heavy atom. The van der Waals surface area contributed by atoms with Crippen molar-refractivity contribution in [3.63, 3.8) is 0 Å². The molecule has 4 nitrogen and oxygen atoms in total. The van der Waals surface area contributed by atoms with Crippen LogP contribution in [0.2, 0.25) is 0 Å². The first kappa shape index (κ1) is 18.0. The first-order valence-corrected chi connectivity index (χ1v) is 8.32. The van der Waals surface area contributed by atoms with Gasteiger partial charge in [-0.05, 0) is 36.1 Å². The molecule has 0 aliphatic heterocycles. The van der Waals surface area contributed by atoms with Crippen molar-refractivity contribution in [2.45, 2.75) is 47.5 Å². The number of benzene rings is 1. The molecule has 1 aromatic heterocycles. The lowest BCUT2D eigenvalue weighted by Gasteiger charge is -2.18. The van der Waals surface area contributed by atoms with Gasteiger partial charge in [0.2, 0.25) is 5.91 Å². The van der Waals surface area contributed by atoms with Gasteiger partial charge in [0.1, 0.15) is 5.82 Å². The molecule has 4 heteroatoms. The van der Waals surface area contributed by atoms with Gasteiger partial charge in [0.25, 0.3) is 0 Å². The summed E-state index contributed by atoms with van der Waals surface area (Å²) < 4.78 is 0. The van der Waals surface area contributed by atoms with Crippen LogP contribution >= 0.6 is 0 Å². The van der Waals surface area contributed by atoms with Crippen molar-refractivity contribution in [3.8, 4) is 0 Å². The van der Waals surface area contributed by atoms with E-state index in [-0.39, 0.29) is 5.91 Å². The van der Waals surface area contributed by atoms with Gasteiger partial charge < -0.3 is 10.6 Å². The number of para-hydroxylation sites is 1. The Morgan fingerprint density at radius 2 is 1.83 bits per heavy atom. The minimum atomic E-state index is -0.426. The Morgan fingerprint density at radius 3 is 2.38 bits per heavy atom. The third kappa shape index (κ3) is 4.34. The molecule has 0 atom stereocenters. The Labute approximate surface area is 144 Å². The first-order chi connectivity index (χ1) is 11.2. The number of carbonyl (C=O) groups is 1. The summed E-state index contributed by atoms with van der Waals surface area (Å²) in [7, 11) is 0. The summed E-state index contributed by atoms with van der Waals surface area (Å²) in [6.45, 7) is 12.1. The number of rotatable bonds is 4. The maximum absolute atomic E-state index is 12.0. The molecule has 0 bridgehead atoms. The van der Waals surface area contributed by atoms with E-state index in [0.29, 0.717) is 11.6 Å². The van der Waals surface area contributed by atoms with Crippen LogP contribution in [0.25, 0.3) is 0 Å².